The Kier molecular flexibility index (Phi) is 6.59. The molecule has 0 radical (unpaired) electrons. The third-order valence-corrected chi connectivity index (χ3v) is 7.35. The van der Waals surface area contributed by atoms with Crippen molar-refractivity contribution in [3.63, 3.8) is 0 Å². The summed E-state index contributed by atoms with van der Waals surface area (Å²) in [5, 5.41) is 22.5. The van der Waals surface area contributed by atoms with E-state index in [0.29, 0.717) is 11.7 Å². The van der Waals surface area contributed by atoms with Gasteiger partial charge in [-0.15, -0.1) is 0 Å². The molecule has 172 valence electrons. The minimum absolute atomic E-state index is 0.0538. The normalized spacial score (nSPS) is 26.7. The van der Waals surface area contributed by atoms with Crippen molar-refractivity contribution in [3.8, 4) is 5.75 Å². The molecular weight excluding hydrogens is 368 g/mol. The van der Waals surface area contributed by atoms with Crippen molar-refractivity contribution in [2.24, 2.45) is 22.7 Å². The summed E-state index contributed by atoms with van der Waals surface area (Å²) in [5.41, 5.74) is 3.27. The fourth-order valence-corrected chi connectivity index (χ4v) is 5.31. The van der Waals surface area contributed by atoms with Crippen LogP contribution in [0.3, 0.4) is 0 Å². The van der Waals surface area contributed by atoms with E-state index in [-0.39, 0.29) is 39.6 Å². The summed E-state index contributed by atoms with van der Waals surface area (Å²) >= 11 is 0. The summed E-state index contributed by atoms with van der Waals surface area (Å²) in [7, 11) is 0. The number of hydrogen-bond donors (Lipinski definition) is 2. The van der Waals surface area contributed by atoms with Crippen LogP contribution in [0.15, 0.2) is 12.1 Å². The second kappa shape index (κ2) is 7.84. The molecule has 2 N–H and O–H groups in total. The molecule has 2 heteroatoms. The first kappa shape index (κ1) is 25.2. The Bertz CT molecular complexity index is 688. The Morgan fingerprint density at radius 2 is 1.00 bits per heavy atom. The van der Waals surface area contributed by atoms with Gasteiger partial charge in [0.1, 0.15) is 5.75 Å². The van der Waals surface area contributed by atoms with Crippen LogP contribution < -0.4 is 0 Å². The number of aliphatic hydroxyl groups is 1. The minimum Gasteiger partial charge on any atom is -0.507 e. The Balaban J connectivity index is 2.66. The molecule has 0 bridgehead atoms. The molecule has 0 aromatic heterocycles. The van der Waals surface area contributed by atoms with E-state index in [4.69, 9.17) is 0 Å². The van der Waals surface area contributed by atoms with Gasteiger partial charge in [-0.1, -0.05) is 95.2 Å². The number of phenolic OH excluding ortho intramolecular Hbond substituents is 1. The Hall–Kier alpha value is -1.02. The number of hydrogen-bond acceptors (Lipinski definition) is 2. The van der Waals surface area contributed by atoms with Crippen molar-refractivity contribution >= 4 is 0 Å². The van der Waals surface area contributed by atoms with Gasteiger partial charge in [-0.2, -0.15) is 0 Å². The molecule has 1 fully saturated rings. The van der Waals surface area contributed by atoms with Crippen LogP contribution in [0.4, 0.5) is 0 Å². The molecule has 1 aromatic carbocycles. The molecule has 2 nitrogen and oxygen atoms in total. The van der Waals surface area contributed by atoms with Gasteiger partial charge in [0.05, 0.1) is 6.10 Å². The van der Waals surface area contributed by atoms with Gasteiger partial charge in [0.15, 0.2) is 0 Å². The molecule has 2 unspecified atom stereocenters. The SMILES string of the molecule is CC(C)(C)c1cc(C2CC(C(C)(C)C)C(O)C(C(C)(C)C)C2)cc(C(C)(C)C)c1O. The van der Waals surface area contributed by atoms with Crippen LogP contribution in [0, 0.1) is 22.7 Å². The van der Waals surface area contributed by atoms with Crippen molar-refractivity contribution < 1.29 is 10.2 Å². The fourth-order valence-electron chi connectivity index (χ4n) is 5.31. The van der Waals surface area contributed by atoms with Gasteiger partial charge in [0.25, 0.3) is 0 Å². The third-order valence-electron chi connectivity index (χ3n) is 7.35. The minimum atomic E-state index is -0.275. The first-order valence-corrected chi connectivity index (χ1v) is 11.8. The van der Waals surface area contributed by atoms with E-state index in [1.807, 2.05) is 0 Å². The van der Waals surface area contributed by atoms with Crippen molar-refractivity contribution in [3.05, 3.63) is 28.8 Å². The Labute approximate surface area is 186 Å². The number of phenols is 1. The highest BCUT2D eigenvalue weighted by atomic mass is 16.3. The second-order valence-electron chi connectivity index (χ2n) is 14.1. The van der Waals surface area contributed by atoms with Crippen LogP contribution in [-0.4, -0.2) is 16.3 Å². The highest BCUT2D eigenvalue weighted by molar-refractivity contribution is 5.50. The number of aromatic hydroxyl groups is 1. The van der Waals surface area contributed by atoms with E-state index < -0.39 is 0 Å². The first-order chi connectivity index (χ1) is 13.2. The standard InChI is InChI=1S/C28H48O2/c1-25(2,3)19-13-17(14-20(23(19)29)26(4,5)6)18-15-21(27(7,8)9)24(30)22(16-18)28(10,11)12/h13-14,18,21-22,24,29-30H,15-16H2,1-12H3. The van der Waals surface area contributed by atoms with Crippen LogP contribution in [0.2, 0.25) is 0 Å². The van der Waals surface area contributed by atoms with Crippen molar-refractivity contribution in [2.75, 3.05) is 0 Å². The largest absolute Gasteiger partial charge is 0.507 e. The molecule has 1 aliphatic rings. The monoisotopic (exact) mass is 416 g/mol. The van der Waals surface area contributed by atoms with Crippen molar-refractivity contribution in [2.45, 2.75) is 119 Å². The predicted octanol–water partition coefficient (Wildman–Crippen LogP) is 7.55. The lowest BCUT2D eigenvalue weighted by Gasteiger charge is -2.49. The van der Waals surface area contributed by atoms with E-state index in [1.165, 1.54) is 5.56 Å². The molecule has 2 rings (SSSR count). The van der Waals surface area contributed by atoms with Crippen molar-refractivity contribution in [1.82, 2.24) is 0 Å². The maximum absolute atomic E-state index is 11.3. The lowest BCUT2D eigenvalue weighted by molar-refractivity contribution is -0.0727. The van der Waals surface area contributed by atoms with Gasteiger partial charge in [-0.3, -0.25) is 0 Å². The summed E-state index contributed by atoms with van der Waals surface area (Å²) in [5.74, 6) is 1.36. The molecular formula is C28H48O2. The lowest BCUT2D eigenvalue weighted by Crippen LogP contribution is -2.47. The molecule has 30 heavy (non-hydrogen) atoms. The molecule has 1 aliphatic carbocycles. The van der Waals surface area contributed by atoms with Gasteiger partial charge in [0.2, 0.25) is 0 Å². The predicted molar refractivity (Wildman–Crippen MR) is 129 cm³/mol. The highest BCUT2D eigenvalue weighted by Gasteiger charge is 2.46. The van der Waals surface area contributed by atoms with E-state index >= 15 is 0 Å². The van der Waals surface area contributed by atoms with Crippen LogP contribution in [0.1, 0.15) is 119 Å². The van der Waals surface area contributed by atoms with Crippen LogP contribution in [-0.2, 0) is 10.8 Å². The van der Waals surface area contributed by atoms with Crippen LogP contribution in [0.5, 0.6) is 5.75 Å². The molecule has 0 spiro atoms. The maximum atomic E-state index is 11.3. The third kappa shape index (κ3) is 5.23. The Morgan fingerprint density at radius 3 is 1.27 bits per heavy atom. The average molecular weight is 417 g/mol. The van der Waals surface area contributed by atoms with E-state index in [9.17, 15) is 10.2 Å². The van der Waals surface area contributed by atoms with Gasteiger partial charge in [0, 0.05) is 0 Å². The summed E-state index contributed by atoms with van der Waals surface area (Å²) in [6, 6.07) is 4.51. The van der Waals surface area contributed by atoms with Gasteiger partial charge in [-0.05, 0) is 68.9 Å². The first-order valence-electron chi connectivity index (χ1n) is 11.8. The quantitative estimate of drug-likeness (QED) is 0.496. The van der Waals surface area contributed by atoms with Gasteiger partial charge < -0.3 is 10.2 Å². The molecule has 0 amide bonds. The van der Waals surface area contributed by atoms with E-state index in [0.717, 1.165) is 24.0 Å². The zero-order valence-electron chi connectivity index (χ0n) is 21.8. The smallest absolute Gasteiger partial charge is 0.123 e. The lowest BCUT2D eigenvalue weighted by atomic mass is 9.57. The highest BCUT2D eigenvalue weighted by Crippen LogP contribution is 2.52. The van der Waals surface area contributed by atoms with Crippen LogP contribution in [0.25, 0.3) is 0 Å². The average Bonchev–Trinajstić information content (AvgIpc) is 2.50. The molecule has 0 saturated heterocycles. The number of aliphatic hydroxyl groups excluding tert-OH is 1. The molecule has 1 aromatic rings. The molecule has 0 aliphatic heterocycles. The number of rotatable bonds is 1. The summed E-state index contributed by atoms with van der Waals surface area (Å²) in [6.07, 6.45) is 1.72. The molecule has 2 atom stereocenters. The molecule has 1 saturated carbocycles. The van der Waals surface area contributed by atoms with Gasteiger partial charge in [-0.25, -0.2) is 0 Å². The summed E-state index contributed by atoms with van der Waals surface area (Å²) in [4.78, 5) is 0. The topological polar surface area (TPSA) is 40.5 Å². The second-order valence-corrected chi connectivity index (χ2v) is 14.1. The van der Waals surface area contributed by atoms with E-state index in [1.54, 1.807) is 0 Å². The van der Waals surface area contributed by atoms with Crippen molar-refractivity contribution in [1.29, 1.82) is 0 Å². The fraction of sp³-hybridized carbons (Fsp3) is 0.786. The maximum Gasteiger partial charge on any atom is 0.123 e. The van der Waals surface area contributed by atoms with Gasteiger partial charge >= 0.3 is 0 Å². The zero-order chi connectivity index (χ0) is 23.4. The van der Waals surface area contributed by atoms with E-state index in [2.05, 4.69) is 95.2 Å². The summed E-state index contributed by atoms with van der Waals surface area (Å²) in [6.45, 7) is 26.7. The van der Waals surface area contributed by atoms with Crippen LogP contribution >= 0.6 is 0 Å². The zero-order valence-corrected chi connectivity index (χ0v) is 21.8. The number of benzene rings is 1. The molecule has 0 heterocycles. The summed E-state index contributed by atoms with van der Waals surface area (Å²) < 4.78 is 0. The Morgan fingerprint density at radius 1 is 0.667 bits per heavy atom.